The Hall–Kier alpha value is -1.77. The molecule has 3 heteroatoms. The first-order chi connectivity index (χ1) is 6.83. The topological polar surface area (TPSA) is 39.4 Å². The molecule has 2 rings (SSSR count). The van der Waals surface area contributed by atoms with Gasteiger partial charge in [0, 0.05) is 11.5 Å². The van der Waals surface area contributed by atoms with Crippen LogP contribution in [0.1, 0.15) is 5.76 Å². The minimum Gasteiger partial charge on any atom is -0.497 e. The molecule has 3 nitrogen and oxygen atoms in total. The molecule has 72 valence electrons. The van der Waals surface area contributed by atoms with Crippen LogP contribution in [0.25, 0.3) is 11.0 Å². The lowest BCUT2D eigenvalue weighted by atomic mass is 10.2. The molecule has 0 amide bonds. The van der Waals surface area contributed by atoms with E-state index < -0.39 is 0 Å². The second kappa shape index (κ2) is 3.54. The smallest absolute Gasteiger partial charge is 0.137 e. The normalized spacial score (nSPS) is 10.4. The molecular weight excluding hydrogens is 180 g/mol. The van der Waals surface area contributed by atoms with Crippen LogP contribution in [-0.4, -0.2) is 13.4 Å². The van der Waals surface area contributed by atoms with E-state index in [0.717, 1.165) is 23.0 Å². The van der Waals surface area contributed by atoms with E-state index in [2.05, 4.69) is 0 Å². The lowest BCUT2D eigenvalue weighted by Crippen LogP contribution is -1.80. The summed E-state index contributed by atoms with van der Waals surface area (Å²) in [5.41, 5.74) is 0.751. The number of fused-ring (bicyclic) bond motifs is 1. The molecular formula is C11H10O3. The number of benzene rings is 1. The fourth-order valence-electron chi connectivity index (χ4n) is 1.38. The zero-order valence-corrected chi connectivity index (χ0v) is 7.82. The number of ether oxygens (including phenoxy) is 1. The van der Waals surface area contributed by atoms with Gasteiger partial charge in [-0.25, -0.2) is 0 Å². The molecule has 0 unspecified atom stereocenters. The van der Waals surface area contributed by atoms with Gasteiger partial charge >= 0.3 is 0 Å². The van der Waals surface area contributed by atoms with Gasteiger partial charge in [-0.1, -0.05) is 0 Å². The second-order valence-electron chi connectivity index (χ2n) is 2.99. The maximum absolute atomic E-state index is 10.3. The Morgan fingerprint density at radius 3 is 3.00 bits per heavy atom. The first kappa shape index (κ1) is 8.81. The molecule has 0 saturated heterocycles. The third kappa shape index (κ3) is 1.48. The lowest BCUT2D eigenvalue weighted by Gasteiger charge is -1.96. The minimum absolute atomic E-state index is 0.316. The highest BCUT2D eigenvalue weighted by molar-refractivity contribution is 5.80. The average Bonchev–Trinajstić information content (AvgIpc) is 2.59. The van der Waals surface area contributed by atoms with Crippen molar-refractivity contribution in [2.45, 2.75) is 6.42 Å². The monoisotopic (exact) mass is 190 g/mol. The maximum atomic E-state index is 10.3. The van der Waals surface area contributed by atoms with Gasteiger partial charge in [0.15, 0.2) is 0 Å². The molecule has 1 aromatic carbocycles. The molecule has 14 heavy (non-hydrogen) atoms. The quantitative estimate of drug-likeness (QED) is 0.696. The molecule has 0 aliphatic carbocycles. The summed E-state index contributed by atoms with van der Waals surface area (Å²) in [4.78, 5) is 10.3. The number of hydrogen-bond acceptors (Lipinski definition) is 3. The summed E-state index contributed by atoms with van der Waals surface area (Å²) in [5.74, 6) is 1.44. The van der Waals surface area contributed by atoms with Crippen molar-refractivity contribution in [3.63, 3.8) is 0 Å². The molecule has 1 aromatic heterocycles. The van der Waals surface area contributed by atoms with Crippen molar-refractivity contribution in [3.05, 3.63) is 30.0 Å². The molecule has 1 heterocycles. The zero-order chi connectivity index (χ0) is 9.97. The van der Waals surface area contributed by atoms with Crippen LogP contribution in [0.4, 0.5) is 0 Å². The van der Waals surface area contributed by atoms with Crippen LogP contribution >= 0.6 is 0 Å². The van der Waals surface area contributed by atoms with E-state index in [-0.39, 0.29) is 0 Å². The second-order valence-corrected chi connectivity index (χ2v) is 2.99. The number of aldehydes is 1. The summed E-state index contributed by atoms with van der Waals surface area (Å²) in [6.45, 7) is 0. The molecule has 0 aliphatic rings. The van der Waals surface area contributed by atoms with Crippen LogP contribution in [-0.2, 0) is 11.2 Å². The molecule has 0 radical (unpaired) electrons. The molecule has 2 aromatic rings. The first-order valence-electron chi connectivity index (χ1n) is 4.33. The molecule has 0 bridgehead atoms. The Bertz CT molecular complexity index is 457. The number of carbonyl (C=O) groups excluding carboxylic acids is 1. The summed E-state index contributed by atoms with van der Waals surface area (Å²) in [7, 11) is 1.61. The number of carbonyl (C=O) groups is 1. The van der Waals surface area contributed by atoms with Crippen molar-refractivity contribution < 1.29 is 13.9 Å². The van der Waals surface area contributed by atoms with E-state index >= 15 is 0 Å². The van der Waals surface area contributed by atoms with Crippen molar-refractivity contribution in [3.8, 4) is 5.75 Å². The van der Waals surface area contributed by atoms with Crippen molar-refractivity contribution in [1.82, 2.24) is 0 Å². The van der Waals surface area contributed by atoms with Crippen molar-refractivity contribution >= 4 is 17.3 Å². The van der Waals surface area contributed by atoms with Crippen LogP contribution in [0, 0.1) is 0 Å². The summed E-state index contributed by atoms with van der Waals surface area (Å²) in [6, 6.07) is 7.45. The highest BCUT2D eigenvalue weighted by Gasteiger charge is 2.03. The van der Waals surface area contributed by atoms with E-state index in [1.54, 1.807) is 7.11 Å². The van der Waals surface area contributed by atoms with Crippen LogP contribution in [0.15, 0.2) is 28.7 Å². The van der Waals surface area contributed by atoms with E-state index in [1.807, 2.05) is 24.3 Å². The fraction of sp³-hybridized carbons (Fsp3) is 0.182. The van der Waals surface area contributed by atoms with Gasteiger partial charge in [-0.15, -0.1) is 0 Å². The van der Waals surface area contributed by atoms with Gasteiger partial charge in [0.05, 0.1) is 13.5 Å². The highest BCUT2D eigenvalue weighted by Crippen LogP contribution is 2.23. The van der Waals surface area contributed by atoms with Crippen LogP contribution in [0.5, 0.6) is 5.75 Å². The number of methoxy groups -OCH3 is 1. The molecule has 0 atom stereocenters. The molecule has 0 saturated carbocycles. The summed E-state index contributed by atoms with van der Waals surface area (Å²) >= 11 is 0. The Kier molecular flexibility index (Phi) is 2.23. The highest BCUT2D eigenvalue weighted by atomic mass is 16.5. The molecule has 0 aliphatic heterocycles. The SMILES string of the molecule is COc1ccc2cc(CC=O)oc2c1. The van der Waals surface area contributed by atoms with Gasteiger partial charge in [-0.2, -0.15) is 0 Å². The number of furan rings is 1. The van der Waals surface area contributed by atoms with Gasteiger partial charge in [0.2, 0.25) is 0 Å². The third-order valence-corrected chi connectivity index (χ3v) is 2.06. The molecule has 0 spiro atoms. The van der Waals surface area contributed by atoms with Crippen LogP contribution in [0.2, 0.25) is 0 Å². The van der Waals surface area contributed by atoms with Gasteiger partial charge in [0.25, 0.3) is 0 Å². The van der Waals surface area contributed by atoms with Crippen molar-refractivity contribution in [1.29, 1.82) is 0 Å². The average molecular weight is 190 g/mol. The predicted molar refractivity (Wildman–Crippen MR) is 52.5 cm³/mol. The Labute approximate surface area is 81.3 Å². The Balaban J connectivity index is 2.48. The maximum Gasteiger partial charge on any atom is 0.137 e. The Morgan fingerprint density at radius 1 is 1.43 bits per heavy atom. The number of rotatable bonds is 3. The Morgan fingerprint density at radius 2 is 2.29 bits per heavy atom. The molecule has 0 fully saturated rings. The van der Waals surface area contributed by atoms with E-state index in [9.17, 15) is 4.79 Å². The predicted octanol–water partition coefficient (Wildman–Crippen LogP) is 2.18. The van der Waals surface area contributed by atoms with Crippen molar-refractivity contribution in [2.24, 2.45) is 0 Å². The minimum atomic E-state index is 0.316. The van der Waals surface area contributed by atoms with E-state index in [0.29, 0.717) is 12.2 Å². The van der Waals surface area contributed by atoms with Crippen LogP contribution in [0.3, 0.4) is 0 Å². The first-order valence-corrected chi connectivity index (χ1v) is 4.33. The summed E-state index contributed by atoms with van der Waals surface area (Å²) in [6.07, 6.45) is 1.14. The zero-order valence-electron chi connectivity index (χ0n) is 7.82. The standard InChI is InChI=1S/C11H10O3/c1-13-9-3-2-8-6-10(4-5-12)14-11(8)7-9/h2-3,5-7H,4H2,1H3. The lowest BCUT2D eigenvalue weighted by molar-refractivity contribution is -0.107. The van der Waals surface area contributed by atoms with Gasteiger partial charge in [-0.3, -0.25) is 0 Å². The van der Waals surface area contributed by atoms with E-state index in [1.165, 1.54) is 0 Å². The van der Waals surface area contributed by atoms with Gasteiger partial charge < -0.3 is 13.9 Å². The summed E-state index contributed by atoms with van der Waals surface area (Å²) < 4.78 is 10.5. The van der Waals surface area contributed by atoms with Crippen LogP contribution < -0.4 is 4.74 Å². The molecule has 0 N–H and O–H groups in total. The van der Waals surface area contributed by atoms with Gasteiger partial charge in [0.1, 0.15) is 23.4 Å². The summed E-state index contributed by atoms with van der Waals surface area (Å²) in [5, 5.41) is 0.989. The largest absolute Gasteiger partial charge is 0.497 e. The fourth-order valence-corrected chi connectivity index (χ4v) is 1.38. The van der Waals surface area contributed by atoms with Crippen molar-refractivity contribution in [2.75, 3.05) is 7.11 Å². The number of hydrogen-bond donors (Lipinski definition) is 0. The third-order valence-electron chi connectivity index (χ3n) is 2.06. The van der Waals surface area contributed by atoms with E-state index in [4.69, 9.17) is 9.15 Å². The van der Waals surface area contributed by atoms with Gasteiger partial charge in [-0.05, 0) is 18.2 Å².